The summed E-state index contributed by atoms with van der Waals surface area (Å²) in [6, 6.07) is 17.2. The Kier molecular flexibility index (Phi) is 4.86. The van der Waals surface area contributed by atoms with Crippen LogP contribution < -0.4 is 5.32 Å². The number of aryl methyl sites for hydroxylation is 3. The lowest BCUT2D eigenvalue weighted by Gasteiger charge is -2.46. The number of benzene rings is 3. The maximum atomic E-state index is 15.1. The Hall–Kier alpha value is -3.94. The Balaban J connectivity index is 1.85. The van der Waals surface area contributed by atoms with Crippen LogP contribution in [0.4, 0.5) is 23.7 Å². The second-order valence-electron chi connectivity index (χ2n) is 8.55. The average molecular weight is 462 g/mol. The van der Waals surface area contributed by atoms with Crippen molar-refractivity contribution in [2.75, 3.05) is 0 Å². The van der Waals surface area contributed by atoms with Crippen LogP contribution in [0.1, 0.15) is 33.4 Å². The third kappa shape index (κ3) is 3.21. The molecule has 34 heavy (non-hydrogen) atoms. The zero-order valence-electron chi connectivity index (χ0n) is 18.7. The summed E-state index contributed by atoms with van der Waals surface area (Å²) in [5, 5.41) is 2.15. The van der Waals surface area contributed by atoms with Crippen LogP contribution in [0.25, 0.3) is 0 Å². The Morgan fingerprint density at radius 1 is 0.912 bits per heavy atom. The first-order valence-corrected chi connectivity index (χ1v) is 10.7. The van der Waals surface area contributed by atoms with Gasteiger partial charge in [0, 0.05) is 16.7 Å². The van der Waals surface area contributed by atoms with Crippen molar-refractivity contribution in [2.45, 2.75) is 32.6 Å². The topological polar surface area (TPSA) is 57.1 Å². The van der Waals surface area contributed by atoms with Crippen LogP contribution in [-0.2, 0) is 5.66 Å². The van der Waals surface area contributed by atoms with Gasteiger partial charge in [0.2, 0.25) is 5.66 Å². The monoisotopic (exact) mass is 462 g/mol. The fraction of sp³-hybridized carbons (Fsp3) is 0.192. The first kappa shape index (κ1) is 21.9. The number of alkyl halides is 3. The van der Waals surface area contributed by atoms with Crippen molar-refractivity contribution in [3.8, 4) is 0 Å². The Morgan fingerprint density at radius 3 is 2.21 bits per heavy atom. The van der Waals surface area contributed by atoms with Crippen LogP contribution in [-0.4, -0.2) is 28.8 Å². The average Bonchev–Trinajstić information content (AvgIpc) is 3.08. The number of aliphatic imine (C=N–C) groups is 2. The number of fused-ring (bicyclic) bond motifs is 3. The van der Waals surface area contributed by atoms with Gasteiger partial charge in [-0.25, -0.2) is 9.79 Å². The molecule has 5 nitrogen and oxygen atoms in total. The number of halogens is 3. The molecule has 0 radical (unpaired) electrons. The number of nitrogens with zero attached hydrogens (tertiary/aromatic N) is 3. The number of amides is 2. The van der Waals surface area contributed by atoms with E-state index in [-0.39, 0.29) is 17.2 Å². The molecular weight excluding hydrogens is 441 g/mol. The van der Waals surface area contributed by atoms with E-state index >= 15 is 13.2 Å². The van der Waals surface area contributed by atoms with E-state index in [1.807, 2.05) is 26.0 Å². The van der Waals surface area contributed by atoms with Gasteiger partial charge < -0.3 is 5.32 Å². The van der Waals surface area contributed by atoms with Gasteiger partial charge in [-0.1, -0.05) is 71.8 Å². The van der Waals surface area contributed by atoms with Crippen LogP contribution in [0, 0.1) is 20.8 Å². The van der Waals surface area contributed by atoms with E-state index in [1.165, 1.54) is 12.1 Å². The number of urea groups is 1. The molecule has 0 aromatic heterocycles. The van der Waals surface area contributed by atoms with Crippen LogP contribution in [0.3, 0.4) is 0 Å². The number of rotatable bonds is 2. The molecule has 8 heteroatoms. The third-order valence-electron chi connectivity index (χ3n) is 6.12. The molecule has 2 heterocycles. The van der Waals surface area contributed by atoms with E-state index in [9.17, 15) is 4.79 Å². The molecule has 0 saturated heterocycles. The SMILES string of the molecule is Cc1ccc(C2(C(F)(F)F)NC(=O)N=C3c4ccccc4C(=Nc4ccc(C)cc4C)N32)cc1. The van der Waals surface area contributed by atoms with E-state index in [4.69, 9.17) is 4.99 Å². The molecule has 2 aliphatic rings. The molecule has 1 unspecified atom stereocenters. The Bertz CT molecular complexity index is 1380. The van der Waals surface area contributed by atoms with E-state index in [2.05, 4.69) is 10.3 Å². The summed E-state index contributed by atoms with van der Waals surface area (Å²) in [5.41, 5.74) is 1.05. The minimum Gasteiger partial charge on any atom is -0.301 e. The van der Waals surface area contributed by atoms with Gasteiger partial charge >= 0.3 is 12.2 Å². The lowest BCUT2D eigenvalue weighted by molar-refractivity contribution is -0.223. The number of nitrogens with one attached hydrogen (secondary N) is 1. The molecule has 3 aromatic rings. The van der Waals surface area contributed by atoms with Crippen molar-refractivity contribution >= 4 is 23.4 Å². The number of carbonyl (C=O) groups excluding carboxylic acids is 1. The van der Waals surface area contributed by atoms with Gasteiger partial charge in [0.05, 0.1) is 5.69 Å². The first-order valence-electron chi connectivity index (χ1n) is 10.7. The normalized spacial score (nSPS) is 20.6. The van der Waals surface area contributed by atoms with Crippen LogP contribution in [0.5, 0.6) is 0 Å². The number of hydrogen-bond acceptors (Lipinski definition) is 2. The quantitative estimate of drug-likeness (QED) is 0.516. The van der Waals surface area contributed by atoms with Crippen molar-refractivity contribution in [1.82, 2.24) is 10.2 Å². The van der Waals surface area contributed by atoms with Gasteiger partial charge in [-0.2, -0.15) is 18.2 Å². The molecule has 0 saturated carbocycles. The summed E-state index contributed by atoms with van der Waals surface area (Å²) < 4.78 is 45.3. The maximum absolute atomic E-state index is 15.1. The maximum Gasteiger partial charge on any atom is 0.435 e. The first-order chi connectivity index (χ1) is 16.1. The number of carbonyl (C=O) groups is 1. The van der Waals surface area contributed by atoms with E-state index < -0.39 is 17.9 Å². The molecule has 0 spiro atoms. The highest BCUT2D eigenvalue weighted by atomic mass is 19.4. The molecular formula is C26H21F3N4O. The highest BCUT2D eigenvalue weighted by Crippen LogP contribution is 2.48. The Labute approximate surface area is 194 Å². The summed E-state index contributed by atoms with van der Waals surface area (Å²) >= 11 is 0. The smallest absolute Gasteiger partial charge is 0.301 e. The summed E-state index contributed by atoms with van der Waals surface area (Å²) in [7, 11) is 0. The van der Waals surface area contributed by atoms with E-state index in [0.29, 0.717) is 16.8 Å². The minimum atomic E-state index is -4.90. The van der Waals surface area contributed by atoms with Crippen LogP contribution in [0.15, 0.2) is 76.7 Å². The Morgan fingerprint density at radius 2 is 1.56 bits per heavy atom. The van der Waals surface area contributed by atoms with Crippen molar-refractivity contribution in [3.63, 3.8) is 0 Å². The fourth-order valence-corrected chi connectivity index (χ4v) is 4.49. The molecule has 172 valence electrons. The number of hydrogen-bond donors (Lipinski definition) is 1. The van der Waals surface area contributed by atoms with Crippen molar-refractivity contribution in [2.24, 2.45) is 9.98 Å². The van der Waals surface area contributed by atoms with Crippen molar-refractivity contribution in [3.05, 3.63) is 100 Å². The lowest BCUT2D eigenvalue weighted by Crippen LogP contribution is -2.69. The molecule has 1 N–H and O–H groups in total. The molecule has 0 fully saturated rings. The predicted molar refractivity (Wildman–Crippen MR) is 124 cm³/mol. The van der Waals surface area contributed by atoms with Gasteiger partial charge in [-0.05, 0) is 32.4 Å². The molecule has 0 bridgehead atoms. The van der Waals surface area contributed by atoms with Gasteiger partial charge in [-0.3, -0.25) is 4.90 Å². The molecule has 5 rings (SSSR count). The van der Waals surface area contributed by atoms with Crippen LogP contribution in [0.2, 0.25) is 0 Å². The predicted octanol–water partition coefficient (Wildman–Crippen LogP) is 5.89. The number of amidine groups is 2. The molecule has 1 atom stereocenters. The highest BCUT2D eigenvalue weighted by Gasteiger charge is 2.66. The molecule has 3 aromatic carbocycles. The molecule has 2 amide bonds. The molecule has 2 aliphatic heterocycles. The highest BCUT2D eigenvalue weighted by molar-refractivity contribution is 6.28. The second kappa shape index (κ2) is 7.55. The largest absolute Gasteiger partial charge is 0.435 e. The van der Waals surface area contributed by atoms with E-state index in [1.54, 1.807) is 49.4 Å². The second-order valence-corrected chi connectivity index (χ2v) is 8.55. The van der Waals surface area contributed by atoms with Gasteiger partial charge in [0.1, 0.15) is 5.84 Å². The minimum absolute atomic E-state index is 0.0687. The van der Waals surface area contributed by atoms with Crippen molar-refractivity contribution < 1.29 is 18.0 Å². The fourth-order valence-electron chi connectivity index (χ4n) is 4.49. The van der Waals surface area contributed by atoms with Crippen LogP contribution >= 0.6 is 0 Å². The summed E-state index contributed by atoms with van der Waals surface area (Å²) in [4.78, 5) is 22.3. The van der Waals surface area contributed by atoms with Gasteiger partial charge in [-0.15, -0.1) is 0 Å². The van der Waals surface area contributed by atoms with Crippen molar-refractivity contribution in [1.29, 1.82) is 0 Å². The zero-order chi connectivity index (χ0) is 24.3. The summed E-state index contributed by atoms with van der Waals surface area (Å²) in [6.07, 6.45) is -4.90. The lowest BCUT2D eigenvalue weighted by atomic mass is 9.94. The standard InChI is InChI=1S/C26H21F3N4O/c1-15-8-11-18(12-9-15)25(26(27,28)29)32-24(34)31-23-20-7-5-4-6-19(20)22(33(23)25)30-21-13-10-16(2)14-17(21)3/h4-14H,1-3H3,(H,32,34). The molecule has 0 aliphatic carbocycles. The third-order valence-corrected chi connectivity index (χ3v) is 6.12. The zero-order valence-corrected chi connectivity index (χ0v) is 18.7. The van der Waals surface area contributed by atoms with Gasteiger partial charge in [0.15, 0.2) is 5.84 Å². The van der Waals surface area contributed by atoms with Gasteiger partial charge in [0.25, 0.3) is 0 Å². The summed E-state index contributed by atoms with van der Waals surface area (Å²) in [6.45, 7) is 5.58. The van der Waals surface area contributed by atoms with E-state index in [0.717, 1.165) is 21.6 Å². The summed E-state index contributed by atoms with van der Waals surface area (Å²) in [5.74, 6) is -0.0139.